The molecule has 0 aliphatic carbocycles. The lowest BCUT2D eigenvalue weighted by molar-refractivity contribution is -0.121. The molecule has 0 bridgehead atoms. The highest BCUT2D eigenvalue weighted by atomic mass is 19.1. The van der Waals surface area contributed by atoms with E-state index in [2.05, 4.69) is 44.2 Å². The van der Waals surface area contributed by atoms with Crippen LogP contribution in [0.2, 0.25) is 0 Å². The van der Waals surface area contributed by atoms with Crippen LogP contribution in [0.15, 0.2) is 72.9 Å². The van der Waals surface area contributed by atoms with E-state index in [9.17, 15) is 9.59 Å². The zero-order valence-corrected chi connectivity index (χ0v) is 31.2. The lowest BCUT2D eigenvalue weighted by atomic mass is 10.1. The molecule has 4 aromatic rings. The normalized spacial score (nSPS) is 13.5. The van der Waals surface area contributed by atoms with E-state index in [1.54, 1.807) is 31.4 Å². The fourth-order valence-corrected chi connectivity index (χ4v) is 6.06. The molecule has 0 atom stereocenters. The summed E-state index contributed by atoms with van der Waals surface area (Å²) in [5, 5.41) is 5.87. The van der Waals surface area contributed by atoms with E-state index < -0.39 is 11.9 Å². The molecule has 0 radical (unpaired) electrons. The number of anilines is 4. The Bertz CT molecular complexity index is 1810. The summed E-state index contributed by atoms with van der Waals surface area (Å²) in [5.74, 6) is 0.368. The van der Waals surface area contributed by atoms with Gasteiger partial charge in [0.05, 0.1) is 12.3 Å². The second-order valence-corrected chi connectivity index (χ2v) is 13.3. The number of carbonyl (C=O) groups excluding carboxylic acids is 2. The first-order chi connectivity index (χ1) is 25.6. The molecular weight excluding hydrogens is 677 g/mol. The number of aryl methyl sites for hydroxylation is 3. The minimum Gasteiger partial charge on any atom is -0.489 e. The third-order valence-corrected chi connectivity index (χ3v) is 9.08. The Morgan fingerprint density at radius 1 is 0.962 bits per heavy atom. The molecule has 0 spiro atoms. The van der Waals surface area contributed by atoms with E-state index in [-0.39, 0.29) is 29.8 Å². The molecule has 282 valence electrons. The van der Waals surface area contributed by atoms with E-state index in [0.29, 0.717) is 49.3 Å². The van der Waals surface area contributed by atoms with E-state index in [1.165, 1.54) is 17.2 Å². The largest absolute Gasteiger partial charge is 0.489 e. The fraction of sp³-hybridized carbons (Fsp3) is 0.400. The van der Waals surface area contributed by atoms with Crippen molar-refractivity contribution in [3.8, 4) is 11.5 Å². The van der Waals surface area contributed by atoms with Crippen molar-refractivity contribution in [3.05, 3.63) is 95.4 Å². The van der Waals surface area contributed by atoms with Crippen molar-refractivity contribution in [2.75, 3.05) is 69.8 Å². The number of piperazine rings is 1. The molecule has 1 saturated heterocycles. The van der Waals surface area contributed by atoms with Gasteiger partial charge < -0.3 is 24.8 Å². The number of aromatic nitrogens is 2. The van der Waals surface area contributed by atoms with Crippen LogP contribution < -0.4 is 25.0 Å². The predicted molar refractivity (Wildman–Crippen MR) is 204 cm³/mol. The summed E-state index contributed by atoms with van der Waals surface area (Å²) < 4.78 is 31.9. The molecule has 5 rings (SSSR count). The number of para-hydroxylation sites is 1. The zero-order valence-electron chi connectivity index (χ0n) is 31.2. The van der Waals surface area contributed by atoms with Crippen LogP contribution in [0.25, 0.3) is 0 Å². The molecule has 12 nitrogen and oxygen atoms in total. The van der Waals surface area contributed by atoms with E-state index in [4.69, 9.17) is 14.2 Å². The predicted octanol–water partition coefficient (Wildman–Crippen LogP) is 6.41. The summed E-state index contributed by atoms with van der Waals surface area (Å²) in [5.41, 5.74) is 3.34. The third-order valence-electron chi connectivity index (χ3n) is 9.08. The van der Waals surface area contributed by atoms with Gasteiger partial charge in [0.15, 0.2) is 11.6 Å². The maximum Gasteiger partial charge on any atom is 0.425 e. The number of benzene rings is 3. The lowest BCUT2D eigenvalue weighted by Crippen LogP contribution is -2.49. The fourth-order valence-electron chi connectivity index (χ4n) is 6.06. The maximum atomic E-state index is 15.2. The Morgan fingerprint density at radius 2 is 1.72 bits per heavy atom. The van der Waals surface area contributed by atoms with Crippen molar-refractivity contribution in [2.24, 2.45) is 0 Å². The molecule has 1 aromatic heterocycles. The van der Waals surface area contributed by atoms with Gasteiger partial charge >= 0.3 is 6.09 Å². The number of nitrogens with zero attached hydrogens (tertiary/aromatic N) is 5. The quantitative estimate of drug-likeness (QED) is 0.125. The number of hydrogen-bond donors (Lipinski definition) is 2. The summed E-state index contributed by atoms with van der Waals surface area (Å²) in [7, 11) is 1.58. The molecule has 1 aliphatic rings. The third kappa shape index (κ3) is 11.2. The summed E-state index contributed by atoms with van der Waals surface area (Å²) in [6.45, 7) is 14.1. The van der Waals surface area contributed by atoms with Gasteiger partial charge in [-0.25, -0.2) is 19.1 Å². The highest BCUT2D eigenvalue weighted by Gasteiger charge is 2.24. The van der Waals surface area contributed by atoms with Gasteiger partial charge in [0.1, 0.15) is 18.2 Å². The van der Waals surface area contributed by atoms with Crippen molar-refractivity contribution in [2.45, 2.75) is 46.6 Å². The molecule has 1 fully saturated rings. The summed E-state index contributed by atoms with van der Waals surface area (Å²) >= 11 is 0. The van der Waals surface area contributed by atoms with Gasteiger partial charge in [-0.2, -0.15) is 4.98 Å². The van der Waals surface area contributed by atoms with Crippen LogP contribution in [-0.2, 0) is 16.0 Å². The van der Waals surface area contributed by atoms with Crippen LogP contribution in [0, 0.1) is 19.7 Å². The first-order valence-electron chi connectivity index (χ1n) is 18.0. The summed E-state index contributed by atoms with van der Waals surface area (Å²) in [4.78, 5) is 41.5. The van der Waals surface area contributed by atoms with Crippen LogP contribution in [0.1, 0.15) is 37.0 Å². The minimum absolute atomic E-state index is 0.0999. The number of hydrogen-bond acceptors (Lipinski definition) is 10. The van der Waals surface area contributed by atoms with Crippen molar-refractivity contribution < 1.29 is 28.2 Å². The second kappa shape index (κ2) is 19.1. The molecule has 13 heteroatoms. The van der Waals surface area contributed by atoms with Crippen molar-refractivity contribution in [3.63, 3.8) is 0 Å². The highest BCUT2D eigenvalue weighted by Crippen LogP contribution is 2.30. The molecular formula is C40H50FN7O5. The highest BCUT2D eigenvalue weighted by molar-refractivity contribution is 5.96. The molecule has 2 heterocycles. The average Bonchev–Trinajstić information content (AvgIpc) is 3.14. The van der Waals surface area contributed by atoms with Gasteiger partial charge in [-0.05, 0) is 75.1 Å². The van der Waals surface area contributed by atoms with Gasteiger partial charge in [0.25, 0.3) is 0 Å². The second-order valence-electron chi connectivity index (χ2n) is 13.3. The van der Waals surface area contributed by atoms with Crippen molar-refractivity contribution in [1.82, 2.24) is 25.1 Å². The number of methoxy groups -OCH3 is 1. The SMILES string of the molecule is COCCNC(=O)CCc1cccc(N(C(=O)Oc2c(C)cccc2C)c2ccnc(Nc3ccc(OCCN4CCN(C(C)C)CC4)c(F)c3)n2)c1. The summed E-state index contributed by atoms with van der Waals surface area (Å²) in [6.07, 6.45) is 1.53. The van der Waals surface area contributed by atoms with Gasteiger partial charge in [-0.15, -0.1) is 0 Å². The van der Waals surface area contributed by atoms with Gasteiger partial charge in [0.2, 0.25) is 11.9 Å². The van der Waals surface area contributed by atoms with Crippen molar-refractivity contribution >= 4 is 35.1 Å². The van der Waals surface area contributed by atoms with E-state index >= 15 is 4.39 Å². The molecule has 2 amide bonds. The van der Waals surface area contributed by atoms with Crippen LogP contribution in [-0.4, -0.2) is 97.4 Å². The monoisotopic (exact) mass is 727 g/mol. The first kappa shape index (κ1) is 39.1. The van der Waals surface area contributed by atoms with E-state index in [0.717, 1.165) is 49.4 Å². The van der Waals surface area contributed by atoms with Gasteiger partial charge in [0, 0.05) is 82.9 Å². The Kier molecular flexibility index (Phi) is 14.1. The Labute approximate surface area is 311 Å². The smallest absolute Gasteiger partial charge is 0.425 e. The number of carbonyl (C=O) groups is 2. The molecule has 0 saturated carbocycles. The first-order valence-corrected chi connectivity index (χ1v) is 18.0. The van der Waals surface area contributed by atoms with Crippen LogP contribution in [0.5, 0.6) is 11.5 Å². The van der Waals surface area contributed by atoms with Crippen molar-refractivity contribution in [1.29, 1.82) is 0 Å². The number of halogens is 1. The number of rotatable bonds is 16. The van der Waals surface area contributed by atoms with Gasteiger partial charge in [-0.3, -0.25) is 14.6 Å². The molecule has 0 unspecified atom stereocenters. The molecule has 3 aromatic carbocycles. The topological polar surface area (TPSA) is 121 Å². The number of amides is 2. The molecule has 1 aliphatic heterocycles. The average molecular weight is 728 g/mol. The summed E-state index contributed by atoms with van der Waals surface area (Å²) in [6, 6.07) is 19.7. The Morgan fingerprint density at radius 3 is 2.43 bits per heavy atom. The molecule has 2 N–H and O–H groups in total. The Hall–Kier alpha value is -5.11. The number of nitrogens with one attached hydrogen (secondary N) is 2. The van der Waals surface area contributed by atoms with Crippen LogP contribution in [0.3, 0.4) is 0 Å². The van der Waals surface area contributed by atoms with Crippen LogP contribution >= 0.6 is 0 Å². The lowest BCUT2D eigenvalue weighted by Gasteiger charge is -2.36. The molecule has 53 heavy (non-hydrogen) atoms. The standard InChI is InChI=1S/C40H50FN7O5/c1-28(2)47-21-19-46(20-22-47)23-25-52-35-14-13-32(27-34(35)41)44-39-43-17-16-36(45-39)48(40(50)53-38-29(3)8-6-9-30(38)4)33-11-7-10-31(26-33)12-15-37(49)42-18-24-51-5/h6-11,13-14,16-17,26-28H,12,15,18-25H2,1-5H3,(H,42,49)(H,43,44,45). The zero-order chi connectivity index (χ0) is 37.7. The van der Waals surface area contributed by atoms with E-state index in [1.807, 2.05) is 50.2 Å². The maximum absolute atomic E-state index is 15.2. The van der Waals surface area contributed by atoms with Crippen LogP contribution in [0.4, 0.5) is 32.3 Å². The minimum atomic E-state index is -0.684. The Balaban J connectivity index is 1.30. The number of ether oxygens (including phenoxy) is 3. The van der Waals surface area contributed by atoms with Gasteiger partial charge in [-0.1, -0.05) is 30.3 Å².